The van der Waals surface area contributed by atoms with Crippen molar-refractivity contribution in [3.63, 3.8) is 0 Å². The molecule has 2 aliphatic rings. The van der Waals surface area contributed by atoms with E-state index in [9.17, 15) is 13.2 Å². The van der Waals surface area contributed by atoms with Gasteiger partial charge < -0.3 is 4.74 Å². The normalized spacial score (nSPS) is 19.9. The van der Waals surface area contributed by atoms with E-state index < -0.39 is 27.8 Å². The fourth-order valence-electron chi connectivity index (χ4n) is 4.58. The predicted octanol–water partition coefficient (Wildman–Crippen LogP) is 5.60. The van der Waals surface area contributed by atoms with E-state index in [1.807, 2.05) is 52.0 Å². The molecule has 0 spiro atoms. The van der Waals surface area contributed by atoms with Crippen molar-refractivity contribution in [1.82, 2.24) is 9.29 Å². The van der Waals surface area contributed by atoms with E-state index >= 15 is 0 Å². The Kier molecular flexibility index (Phi) is 7.01. The summed E-state index contributed by atoms with van der Waals surface area (Å²) in [5, 5.41) is 0. The van der Waals surface area contributed by atoms with Gasteiger partial charge in [-0.2, -0.15) is 4.31 Å². The number of pyridine rings is 1. The highest BCUT2D eigenvalue weighted by Crippen LogP contribution is 2.41. The maximum atomic E-state index is 13.7. The van der Waals surface area contributed by atoms with Crippen LogP contribution in [0.15, 0.2) is 47.5 Å². The van der Waals surface area contributed by atoms with Gasteiger partial charge in [0.15, 0.2) is 0 Å². The standard InChI is InChI=1S/C26H35N3O4S/c1-19-13-15-21(16-14-19)34(31,32)28-18-6-5-12-23(28)22-11-8-17-27-24(22)29(20-9-7-10-20)25(30)33-26(2,3)4/h8,11,13-17,20,23H,5-7,9-10,12,18H2,1-4H3/t23-/m0/s1. The summed E-state index contributed by atoms with van der Waals surface area (Å²) in [6.07, 6.45) is 6.43. The highest BCUT2D eigenvalue weighted by atomic mass is 32.2. The van der Waals surface area contributed by atoms with Gasteiger partial charge >= 0.3 is 6.09 Å². The highest BCUT2D eigenvalue weighted by molar-refractivity contribution is 7.89. The average Bonchev–Trinajstić information content (AvgIpc) is 2.75. The number of hydrogen-bond acceptors (Lipinski definition) is 5. The largest absolute Gasteiger partial charge is 0.443 e. The number of carbonyl (C=O) groups is 1. The average molecular weight is 486 g/mol. The molecule has 2 aromatic rings. The topological polar surface area (TPSA) is 79.8 Å². The molecule has 1 aliphatic carbocycles. The molecule has 0 radical (unpaired) electrons. The maximum absolute atomic E-state index is 13.7. The molecular formula is C26H35N3O4S. The number of piperidine rings is 1. The first-order valence-corrected chi connectivity index (χ1v) is 13.6. The van der Waals surface area contributed by atoms with Crippen molar-refractivity contribution in [2.75, 3.05) is 11.4 Å². The smallest absolute Gasteiger partial charge is 0.416 e. The molecule has 34 heavy (non-hydrogen) atoms. The molecule has 8 heteroatoms. The molecule has 1 aliphatic heterocycles. The van der Waals surface area contributed by atoms with Gasteiger partial charge in [0.1, 0.15) is 11.4 Å². The molecule has 1 aromatic heterocycles. The van der Waals surface area contributed by atoms with E-state index in [0.29, 0.717) is 23.7 Å². The second-order valence-corrected chi connectivity index (χ2v) is 12.2. The molecule has 1 atom stereocenters. The third-order valence-electron chi connectivity index (χ3n) is 6.52. The fourth-order valence-corrected chi connectivity index (χ4v) is 6.26. The fraction of sp³-hybridized carbons (Fsp3) is 0.538. The Balaban J connectivity index is 1.74. The highest BCUT2D eigenvalue weighted by Gasteiger charge is 2.40. The Morgan fingerprint density at radius 2 is 1.76 bits per heavy atom. The number of rotatable bonds is 5. The summed E-state index contributed by atoms with van der Waals surface area (Å²) in [7, 11) is -3.71. The Labute approximate surface area is 203 Å². The Bertz CT molecular complexity index is 1120. The number of nitrogens with zero attached hydrogens (tertiary/aromatic N) is 3. The molecule has 0 bridgehead atoms. The number of hydrogen-bond donors (Lipinski definition) is 0. The van der Waals surface area contributed by atoms with Gasteiger partial charge in [-0.15, -0.1) is 0 Å². The molecule has 2 fully saturated rings. The van der Waals surface area contributed by atoms with Crippen LogP contribution in [0, 0.1) is 6.92 Å². The van der Waals surface area contributed by atoms with Crippen LogP contribution < -0.4 is 4.90 Å². The lowest BCUT2D eigenvalue weighted by molar-refractivity contribution is 0.0547. The first-order valence-electron chi connectivity index (χ1n) is 12.1. The third kappa shape index (κ3) is 5.13. The zero-order chi connectivity index (χ0) is 24.5. The molecule has 1 saturated heterocycles. The zero-order valence-corrected chi connectivity index (χ0v) is 21.3. The van der Waals surface area contributed by atoms with Crippen molar-refractivity contribution in [2.45, 2.75) is 88.8 Å². The van der Waals surface area contributed by atoms with Crippen molar-refractivity contribution >= 4 is 21.9 Å². The van der Waals surface area contributed by atoms with Crippen molar-refractivity contribution in [3.05, 3.63) is 53.7 Å². The Hall–Kier alpha value is -2.45. The molecule has 2 heterocycles. The van der Waals surface area contributed by atoms with Gasteiger partial charge in [0.25, 0.3) is 0 Å². The van der Waals surface area contributed by atoms with Crippen LogP contribution in [0.4, 0.5) is 10.6 Å². The molecule has 0 unspecified atom stereocenters. The van der Waals surface area contributed by atoms with Gasteiger partial charge in [0.2, 0.25) is 10.0 Å². The number of benzene rings is 1. The number of ether oxygens (including phenoxy) is 1. The van der Waals surface area contributed by atoms with Crippen LogP contribution in [0.2, 0.25) is 0 Å². The molecule has 1 aromatic carbocycles. The molecular weight excluding hydrogens is 450 g/mol. The molecule has 7 nitrogen and oxygen atoms in total. The van der Waals surface area contributed by atoms with Gasteiger partial charge in [-0.1, -0.05) is 30.2 Å². The second-order valence-electron chi connectivity index (χ2n) is 10.3. The lowest BCUT2D eigenvalue weighted by Gasteiger charge is -2.40. The number of anilines is 1. The number of aromatic nitrogens is 1. The first-order chi connectivity index (χ1) is 16.1. The summed E-state index contributed by atoms with van der Waals surface area (Å²) in [4.78, 5) is 19.9. The van der Waals surface area contributed by atoms with Gasteiger partial charge in [0.05, 0.1) is 10.9 Å². The Morgan fingerprint density at radius 1 is 1.06 bits per heavy atom. The van der Waals surface area contributed by atoms with Crippen LogP contribution >= 0.6 is 0 Å². The van der Waals surface area contributed by atoms with Crippen molar-refractivity contribution in [2.24, 2.45) is 0 Å². The van der Waals surface area contributed by atoms with Crippen molar-refractivity contribution in [1.29, 1.82) is 0 Å². The lowest BCUT2D eigenvalue weighted by atomic mass is 9.90. The first kappa shape index (κ1) is 24.7. The van der Waals surface area contributed by atoms with Crippen LogP contribution in [0.1, 0.15) is 76.5 Å². The van der Waals surface area contributed by atoms with Crippen molar-refractivity contribution in [3.8, 4) is 0 Å². The van der Waals surface area contributed by atoms with E-state index in [2.05, 4.69) is 4.98 Å². The monoisotopic (exact) mass is 485 g/mol. The minimum atomic E-state index is -3.71. The van der Waals surface area contributed by atoms with Crippen LogP contribution in [0.25, 0.3) is 0 Å². The predicted molar refractivity (Wildman–Crippen MR) is 132 cm³/mol. The van der Waals surface area contributed by atoms with Gasteiger partial charge in [0, 0.05) is 24.3 Å². The van der Waals surface area contributed by atoms with E-state index in [1.165, 1.54) is 0 Å². The van der Waals surface area contributed by atoms with Crippen LogP contribution in [-0.4, -0.2) is 42.0 Å². The number of carbonyl (C=O) groups excluding carboxylic acids is 1. The van der Waals surface area contributed by atoms with Gasteiger partial charge in [-0.05, 0) is 78.0 Å². The molecule has 184 valence electrons. The summed E-state index contributed by atoms with van der Waals surface area (Å²) >= 11 is 0. The molecule has 1 saturated carbocycles. The molecule has 1 amide bonds. The summed E-state index contributed by atoms with van der Waals surface area (Å²) in [6.45, 7) is 7.92. The summed E-state index contributed by atoms with van der Waals surface area (Å²) in [5.41, 5.74) is 1.13. The Morgan fingerprint density at radius 3 is 2.38 bits per heavy atom. The number of sulfonamides is 1. The number of aryl methyl sites for hydroxylation is 1. The third-order valence-corrected chi connectivity index (χ3v) is 8.44. The summed E-state index contributed by atoms with van der Waals surface area (Å²) < 4.78 is 34.7. The van der Waals surface area contributed by atoms with E-state index in [4.69, 9.17) is 4.74 Å². The van der Waals surface area contributed by atoms with Gasteiger partial charge in [-0.3, -0.25) is 4.90 Å². The van der Waals surface area contributed by atoms with Gasteiger partial charge in [-0.25, -0.2) is 18.2 Å². The molecule has 4 rings (SSSR count). The van der Waals surface area contributed by atoms with Crippen LogP contribution in [0.5, 0.6) is 0 Å². The minimum absolute atomic E-state index is 0.00856. The lowest BCUT2D eigenvalue weighted by Crippen LogP contribution is -2.48. The van der Waals surface area contributed by atoms with Crippen LogP contribution in [0.3, 0.4) is 0 Å². The van der Waals surface area contributed by atoms with E-state index in [1.54, 1.807) is 27.5 Å². The quantitative estimate of drug-likeness (QED) is 0.551. The van der Waals surface area contributed by atoms with E-state index in [0.717, 1.165) is 43.2 Å². The zero-order valence-electron chi connectivity index (χ0n) is 20.5. The molecule has 0 N–H and O–H groups in total. The number of amides is 1. The summed E-state index contributed by atoms with van der Waals surface area (Å²) in [6, 6.07) is 10.3. The SMILES string of the molecule is Cc1ccc(S(=O)(=O)N2CCCC[C@H]2c2cccnc2N(C(=O)OC(C)(C)C)C2CCC2)cc1. The summed E-state index contributed by atoms with van der Waals surface area (Å²) in [5.74, 6) is 0.512. The minimum Gasteiger partial charge on any atom is -0.443 e. The second kappa shape index (κ2) is 9.66. The maximum Gasteiger partial charge on any atom is 0.416 e. The van der Waals surface area contributed by atoms with Crippen molar-refractivity contribution < 1.29 is 17.9 Å². The van der Waals surface area contributed by atoms with Crippen LogP contribution in [-0.2, 0) is 14.8 Å². The van der Waals surface area contributed by atoms with E-state index in [-0.39, 0.29) is 6.04 Å².